The molecule has 3 rings (SSSR count). The summed E-state index contributed by atoms with van der Waals surface area (Å²) in [6, 6.07) is 0.788. The summed E-state index contributed by atoms with van der Waals surface area (Å²) in [5.74, 6) is -3.92. The van der Waals surface area contributed by atoms with Crippen LogP contribution in [0.3, 0.4) is 0 Å². The molecule has 5 nitrogen and oxygen atoms in total. The summed E-state index contributed by atoms with van der Waals surface area (Å²) in [7, 11) is 1.84. The van der Waals surface area contributed by atoms with E-state index in [0.29, 0.717) is 23.5 Å². The minimum atomic E-state index is -3.03. The van der Waals surface area contributed by atoms with Crippen LogP contribution in [0.25, 0.3) is 5.57 Å². The van der Waals surface area contributed by atoms with Gasteiger partial charge in [-0.05, 0) is 24.5 Å². The molecule has 1 fully saturated rings. The van der Waals surface area contributed by atoms with Gasteiger partial charge >= 0.3 is 0 Å². The lowest BCUT2D eigenvalue weighted by atomic mass is 9.87. The van der Waals surface area contributed by atoms with Gasteiger partial charge in [0.2, 0.25) is 0 Å². The molecule has 27 heavy (non-hydrogen) atoms. The fourth-order valence-electron chi connectivity index (χ4n) is 3.87. The first-order chi connectivity index (χ1) is 12.7. The highest BCUT2D eigenvalue weighted by atomic mass is 19.3. The van der Waals surface area contributed by atoms with Crippen molar-refractivity contribution in [2.75, 3.05) is 26.8 Å². The van der Waals surface area contributed by atoms with Crippen molar-refractivity contribution in [3.8, 4) is 0 Å². The summed E-state index contributed by atoms with van der Waals surface area (Å²) in [5.41, 5.74) is 1.46. The first-order valence-electron chi connectivity index (χ1n) is 8.88. The highest BCUT2D eigenvalue weighted by Crippen LogP contribution is 2.37. The first kappa shape index (κ1) is 19.4. The van der Waals surface area contributed by atoms with Crippen molar-refractivity contribution in [2.24, 2.45) is 5.92 Å². The van der Waals surface area contributed by atoms with E-state index < -0.39 is 43.4 Å². The van der Waals surface area contributed by atoms with Gasteiger partial charge in [0.1, 0.15) is 6.67 Å². The van der Waals surface area contributed by atoms with Gasteiger partial charge in [0.05, 0.1) is 18.2 Å². The Balaban J connectivity index is 2.02. The van der Waals surface area contributed by atoms with Crippen LogP contribution in [-0.4, -0.2) is 64.5 Å². The Kier molecular flexibility index (Phi) is 5.26. The SMILES string of the molecule is CC1=C(C(=O)N2CC(F)(F)CC(C)C2CF)C(c2ncccn2)=CN(C)C1. The molecule has 2 aliphatic rings. The number of alkyl halides is 3. The molecular weight excluding hydrogens is 357 g/mol. The second kappa shape index (κ2) is 7.32. The maximum absolute atomic E-state index is 14.1. The van der Waals surface area contributed by atoms with Crippen LogP contribution in [0, 0.1) is 5.92 Å². The van der Waals surface area contributed by atoms with Gasteiger partial charge in [0.15, 0.2) is 5.82 Å². The molecular formula is C19H23F3N4O. The third-order valence-corrected chi connectivity index (χ3v) is 5.05. The Labute approximate surface area is 156 Å². The Hall–Kier alpha value is -2.38. The predicted octanol–water partition coefficient (Wildman–Crippen LogP) is 2.92. The highest BCUT2D eigenvalue weighted by Gasteiger charge is 2.47. The fourth-order valence-corrected chi connectivity index (χ4v) is 3.87. The van der Waals surface area contributed by atoms with Gasteiger partial charge in [-0.2, -0.15) is 0 Å². The molecule has 146 valence electrons. The molecule has 2 aliphatic heterocycles. The van der Waals surface area contributed by atoms with Crippen molar-refractivity contribution < 1.29 is 18.0 Å². The molecule has 0 aromatic carbocycles. The van der Waals surface area contributed by atoms with E-state index in [1.807, 2.05) is 11.9 Å². The summed E-state index contributed by atoms with van der Waals surface area (Å²) in [4.78, 5) is 24.6. The first-order valence-corrected chi connectivity index (χ1v) is 8.88. The van der Waals surface area contributed by atoms with Gasteiger partial charge in [-0.3, -0.25) is 4.79 Å². The van der Waals surface area contributed by atoms with E-state index in [9.17, 15) is 18.0 Å². The number of likely N-dealkylation sites (tertiary alicyclic amines) is 1. The molecule has 1 amide bonds. The molecule has 1 saturated heterocycles. The smallest absolute Gasteiger partial charge is 0.265 e. The molecule has 0 aliphatic carbocycles. The summed E-state index contributed by atoms with van der Waals surface area (Å²) >= 11 is 0. The number of carbonyl (C=O) groups is 1. The lowest BCUT2D eigenvalue weighted by molar-refractivity contribution is -0.149. The van der Waals surface area contributed by atoms with Crippen molar-refractivity contribution in [3.63, 3.8) is 0 Å². The standard InChI is InChI=1S/C19H23F3N4O/c1-12-7-19(21,22)11-26(15(12)8-20)18(27)16-13(2)9-25(3)10-14(16)17-23-5-4-6-24-17/h4-6,10,12,15H,7-9,11H2,1-3H3. The third-order valence-electron chi connectivity index (χ3n) is 5.05. The zero-order valence-electron chi connectivity index (χ0n) is 15.6. The van der Waals surface area contributed by atoms with Crippen LogP contribution in [0.4, 0.5) is 13.2 Å². The van der Waals surface area contributed by atoms with Crippen molar-refractivity contribution >= 4 is 11.5 Å². The van der Waals surface area contributed by atoms with Crippen molar-refractivity contribution in [2.45, 2.75) is 32.2 Å². The number of rotatable bonds is 3. The van der Waals surface area contributed by atoms with E-state index in [0.717, 1.165) is 4.90 Å². The second-order valence-corrected chi connectivity index (χ2v) is 7.38. The quantitative estimate of drug-likeness (QED) is 0.809. The maximum Gasteiger partial charge on any atom is 0.265 e. The number of hydrogen-bond donors (Lipinski definition) is 0. The summed E-state index contributed by atoms with van der Waals surface area (Å²) in [6.45, 7) is 2.17. The predicted molar refractivity (Wildman–Crippen MR) is 95.5 cm³/mol. The number of hydrogen-bond acceptors (Lipinski definition) is 4. The zero-order chi connectivity index (χ0) is 19.8. The average Bonchev–Trinajstić information content (AvgIpc) is 2.60. The number of amides is 1. The molecule has 1 aromatic rings. The normalized spacial score (nSPS) is 25.5. The summed E-state index contributed by atoms with van der Waals surface area (Å²) < 4.78 is 41.9. The van der Waals surface area contributed by atoms with Crippen molar-refractivity contribution in [3.05, 3.63) is 41.6 Å². The van der Waals surface area contributed by atoms with Crippen LogP contribution in [0.2, 0.25) is 0 Å². The minimum absolute atomic E-state index is 0.280. The van der Waals surface area contributed by atoms with Gasteiger partial charge in [0.25, 0.3) is 11.8 Å². The van der Waals surface area contributed by atoms with Gasteiger partial charge in [-0.15, -0.1) is 0 Å². The molecule has 0 saturated carbocycles. The van der Waals surface area contributed by atoms with Crippen LogP contribution in [-0.2, 0) is 4.79 Å². The Bertz CT molecular complexity index is 778. The molecule has 3 heterocycles. The number of halogens is 3. The van der Waals surface area contributed by atoms with Gasteiger partial charge in [-0.25, -0.2) is 23.1 Å². The zero-order valence-corrected chi connectivity index (χ0v) is 15.6. The molecule has 2 atom stereocenters. The lowest BCUT2D eigenvalue weighted by Gasteiger charge is -2.43. The van der Waals surface area contributed by atoms with Gasteiger partial charge in [0, 0.05) is 44.2 Å². The van der Waals surface area contributed by atoms with E-state index in [2.05, 4.69) is 9.97 Å². The average molecular weight is 380 g/mol. The third kappa shape index (κ3) is 3.84. The van der Waals surface area contributed by atoms with E-state index >= 15 is 0 Å². The summed E-state index contributed by atoms with van der Waals surface area (Å²) in [5, 5.41) is 0. The maximum atomic E-state index is 14.1. The van der Waals surface area contributed by atoms with Crippen molar-refractivity contribution in [1.82, 2.24) is 19.8 Å². The van der Waals surface area contributed by atoms with Crippen LogP contribution >= 0.6 is 0 Å². The number of carbonyl (C=O) groups excluding carboxylic acids is 1. The molecule has 1 aromatic heterocycles. The summed E-state index contributed by atoms with van der Waals surface area (Å²) in [6.07, 6.45) is 4.41. The number of aromatic nitrogens is 2. The molecule has 0 spiro atoms. The van der Waals surface area contributed by atoms with E-state index in [1.54, 1.807) is 38.5 Å². The number of nitrogens with zero attached hydrogens (tertiary/aromatic N) is 4. The highest BCUT2D eigenvalue weighted by molar-refractivity contribution is 6.09. The number of piperidine rings is 1. The Morgan fingerprint density at radius 1 is 1.33 bits per heavy atom. The van der Waals surface area contributed by atoms with Crippen LogP contribution < -0.4 is 0 Å². The molecule has 2 unspecified atom stereocenters. The van der Waals surface area contributed by atoms with E-state index in [4.69, 9.17) is 0 Å². The second-order valence-electron chi connectivity index (χ2n) is 7.38. The Morgan fingerprint density at radius 3 is 2.63 bits per heavy atom. The number of likely N-dealkylation sites (N-methyl/N-ethyl adjacent to an activating group) is 1. The lowest BCUT2D eigenvalue weighted by Crippen LogP contribution is -2.56. The molecule has 8 heteroatoms. The van der Waals surface area contributed by atoms with E-state index in [-0.39, 0.29) is 5.57 Å². The molecule has 0 radical (unpaired) electrons. The van der Waals surface area contributed by atoms with Crippen LogP contribution in [0.15, 0.2) is 35.8 Å². The molecule has 0 N–H and O–H groups in total. The Morgan fingerprint density at radius 2 is 2.00 bits per heavy atom. The van der Waals surface area contributed by atoms with E-state index in [1.165, 1.54) is 0 Å². The van der Waals surface area contributed by atoms with Crippen LogP contribution in [0.1, 0.15) is 26.1 Å². The fraction of sp³-hybridized carbons (Fsp3) is 0.526. The van der Waals surface area contributed by atoms with Gasteiger partial charge in [-0.1, -0.05) is 6.92 Å². The van der Waals surface area contributed by atoms with Crippen LogP contribution in [0.5, 0.6) is 0 Å². The van der Waals surface area contributed by atoms with Gasteiger partial charge < -0.3 is 9.80 Å². The molecule has 0 bridgehead atoms. The van der Waals surface area contributed by atoms with Crippen molar-refractivity contribution in [1.29, 1.82) is 0 Å². The minimum Gasteiger partial charge on any atom is -0.376 e. The topological polar surface area (TPSA) is 49.3 Å². The monoisotopic (exact) mass is 380 g/mol. The largest absolute Gasteiger partial charge is 0.376 e.